The highest BCUT2D eigenvalue weighted by atomic mass is 16.5. The molecule has 0 fully saturated rings. The summed E-state index contributed by atoms with van der Waals surface area (Å²) >= 11 is 0. The number of ether oxygens (including phenoxy) is 2. The first-order valence-electron chi connectivity index (χ1n) is 5.13. The van der Waals surface area contributed by atoms with E-state index in [0.717, 1.165) is 22.6 Å². The molecule has 2 heteroatoms. The van der Waals surface area contributed by atoms with Crippen molar-refractivity contribution in [3.63, 3.8) is 0 Å². The van der Waals surface area contributed by atoms with Crippen molar-refractivity contribution in [1.82, 2.24) is 0 Å². The van der Waals surface area contributed by atoms with E-state index < -0.39 is 0 Å². The van der Waals surface area contributed by atoms with Crippen molar-refractivity contribution in [3.05, 3.63) is 23.3 Å². The molecule has 0 spiro atoms. The number of benzene rings is 1. The van der Waals surface area contributed by atoms with Gasteiger partial charge in [0.05, 0.1) is 14.2 Å². The SMILES string of the molecule is COc1cc(C)cc(OC)c1C(C)(C)C. The number of hydrogen-bond acceptors (Lipinski definition) is 2. The van der Waals surface area contributed by atoms with Crippen LogP contribution in [0, 0.1) is 6.92 Å². The number of rotatable bonds is 2. The average molecular weight is 208 g/mol. The van der Waals surface area contributed by atoms with Gasteiger partial charge in [0.2, 0.25) is 0 Å². The van der Waals surface area contributed by atoms with E-state index in [1.165, 1.54) is 0 Å². The maximum atomic E-state index is 5.42. The summed E-state index contributed by atoms with van der Waals surface area (Å²) in [7, 11) is 3.40. The first-order valence-corrected chi connectivity index (χ1v) is 5.13. The van der Waals surface area contributed by atoms with Crippen LogP contribution in [0.15, 0.2) is 12.1 Å². The lowest BCUT2D eigenvalue weighted by atomic mass is 9.85. The molecule has 0 atom stereocenters. The first-order chi connectivity index (χ1) is 6.90. The topological polar surface area (TPSA) is 18.5 Å². The highest BCUT2D eigenvalue weighted by Gasteiger charge is 2.23. The fraction of sp³-hybridized carbons (Fsp3) is 0.538. The van der Waals surface area contributed by atoms with Gasteiger partial charge in [-0.3, -0.25) is 0 Å². The largest absolute Gasteiger partial charge is 0.496 e. The number of methoxy groups -OCH3 is 2. The molecular weight excluding hydrogens is 188 g/mol. The van der Waals surface area contributed by atoms with Gasteiger partial charge < -0.3 is 9.47 Å². The molecule has 0 amide bonds. The summed E-state index contributed by atoms with van der Waals surface area (Å²) in [5, 5.41) is 0. The molecule has 0 aliphatic rings. The molecule has 0 saturated heterocycles. The Bertz CT molecular complexity index is 323. The Kier molecular flexibility index (Phi) is 3.28. The molecule has 0 unspecified atom stereocenters. The standard InChI is InChI=1S/C13H20O2/c1-9-7-10(14-5)12(13(2,3)4)11(8-9)15-6/h7-8H,1-6H3. The van der Waals surface area contributed by atoms with E-state index in [4.69, 9.17) is 9.47 Å². The van der Waals surface area contributed by atoms with E-state index in [2.05, 4.69) is 20.8 Å². The van der Waals surface area contributed by atoms with E-state index in [0.29, 0.717) is 0 Å². The van der Waals surface area contributed by atoms with Gasteiger partial charge in [0.25, 0.3) is 0 Å². The highest BCUT2D eigenvalue weighted by molar-refractivity contribution is 5.51. The second kappa shape index (κ2) is 4.13. The molecule has 0 aliphatic heterocycles. The Morgan fingerprint density at radius 3 is 1.60 bits per heavy atom. The van der Waals surface area contributed by atoms with Crippen LogP contribution in [-0.4, -0.2) is 14.2 Å². The van der Waals surface area contributed by atoms with Crippen molar-refractivity contribution in [1.29, 1.82) is 0 Å². The maximum Gasteiger partial charge on any atom is 0.126 e. The van der Waals surface area contributed by atoms with E-state index in [-0.39, 0.29) is 5.41 Å². The van der Waals surface area contributed by atoms with Crippen molar-refractivity contribution in [2.24, 2.45) is 0 Å². The molecule has 0 radical (unpaired) electrons. The van der Waals surface area contributed by atoms with Crippen LogP contribution in [0.1, 0.15) is 31.9 Å². The molecule has 0 bridgehead atoms. The van der Waals surface area contributed by atoms with Gasteiger partial charge in [-0.2, -0.15) is 0 Å². The van der Waals surface area contributed by atoms with Gasteiger partial charge >= 0.3 is 0 Å². The van der Waals surface area contributed by atoms with Crippen molar-refractivity contribution in [2.45, 2.75) is 33.1 Å². The van der Waals surface area contributed by atoms with Gasteiger partial charge in [0.1, 0.15) is 11.5 Å². The predicted molar refractivity (Wildman–Crippen MR) is 63.0 cm³/mol. The fourth-order valence-corrected chi connectivity index (χ4v) is 1.78. The Balaban J connectivity index is 3.44. The smallest absolute Gasteiger partial charge is 0.126 e. The lowest BCUT2D eigenvalue weighted by molar-refractivity contribution is 0.367. The summed E-state index contributed by atoms with van der Waals surface area (Å²) in [5.41, 5.74) is 2.29. The van der Waals surface area contributed by atoms with Crippen LogP contribution in [0.5, 0.6) is 11.5 Å². The first kappa shape index (κ1) is 11.9. The predicted octanol–water partition coefficient (Wildman–Crippen LogP) is 3.31. The van der Waals surface area contributed by atoms with Crippen molar-refractivity contribution < 1.29 is 9.47 Å². The monoisotopic (exact) mass is 208 g/mol. The third kappa shape index (κ3) is 2.44. The van der Waals surface area contributed by atoms with Crippen LogP contribution in [0.2, 0.25) is 0 Å². The summed E-state index contributed by atoms with van der Waals surface area (Å²) in [5.74, 6) is 1.80. The maximum absolute atomic E-state index is 5.42. The van der Waals surface area contributed by atoms with Crippen LogP contribution in [0.3, 0.4) is 0 Å². The minimum atomic E-state index is 0.0182. The number of aryl methyl sites for hydroxylation is 1. The van der Waals surface area contributed by atoms with Crippen LogP contribution < -0.4 is 9.47 Å². The summed E-state index contributed by atoms with van der Waals surface area (Å²) in [6.07, 6.45) is 0. The Hall–Kier alpha value is -1.18. The molecule has 84 valence electrons. The van der Waals surface area contributed by atoms with E-state index >= 15 is 0 Å². The third-order valence-electron chi connectivity index (χ3n) is 2.40. The van der Waals surface area contributed by atoms with Gasteiger partial charge in [-0.1, -0.05) is 20.8 Å². The Labute approximate surface area is 92.2 Å². The zero-order valence-corrected chi connectivity index (χ0v) is 10.5. The number of hydrogen-bond donors (Lipinski definition) is 0. The molecule has 0 heterocycles. The minimum absolute atomic E-state index is 0.0182. The van der Waals surface area contributed by atoms with Gasteiger partial charge in [-0.15, -0.1) is 0 Å². The van der Waals surface area contributed by atoms with Crippen LogP contribution in [0.25, 0.3) is 0 Å². The summed E-state index contributed by atoms with van der Waals surface area (Å²) in [6, 6.07) is 4.09. The fourth-order valence-electron chi connectivity index (χ4n) is 1.78. The summed E-state index contributed by atoms with van der Waals surface area (Å²) in [6.45, 7) is 8.51. The molecule has 0 aromatic heterocycles. The van der Waals surface area contributed by atoms with Crippen LogP contribution in [0.4, 0.5) is 0 Å². The average Bonchev–Trinajstić information content (AvgIpc) is 2.14. The molecule has 2 nitrogen and oxygen atoms in total. The van der Waals surface area contributed by atoms with Crippen molar-refractivity contribution >= 4 is 0 Å². The molecule has 15 heavy (non-hydrogen) atoms. The van der Waals surface area contributed by atoms with E-state index in [9.17, 15) is 0 Å². The minimum Gasteiger partial charge on any atom is -0.496 e. The molecule has 1 aromatic carbocycles. The molecule has 0 saturated carbocycles. The van der Waals surface area contributed by atoms with Crippen molar-refractivity contribution in [2.75, 3.05) is 14.2 Å². The van der Waals surface area contributed by atoms with E-state index in [1.807, 2.05) is 19.1 Å². The quantitative estimate of drug-likeness (QED) is 0.742. The van der Waals surface area contributed by atoms with Crippen molar-refractivity contribution in [3.8, 4) is 11.5 Å². The normalized spacial score (nSPS) is 11.3. The molecule has 1 rings (SSSR count). The third-order valence-corrected chi connectivity index (χ3v) is 2.40. The Morgan fingerprint density at radius 1 is 0.933 bits per heavy atom. The van der Waals surface area contributed by atoms with Crippen LogP contribution in [-0.2, 0) is 5.41 Å². The van der Waals surface area contributed by atoms with E-state index in [1.54, 1.807) is 14.2 Å². The van der Waals surface area contributed by atoms with Gasteiger partial charge in [0, 0.05) is 5.56 Å². The van der Waals surface area contributed by atoms with Gasteiger partial charge in [-0.05, 0) is 30.0 Å². The molecular formula is C13H20O2. The second-order valence-electron chi connectivity index (χ2n) is 4.79. The van der Waals surface area contributed by atoms with Gasteiger partial charge in [0.15, 0.2) is 0 Å². The molecule has 0 N–H and O–H groups in total. The molecule has 1 aromatic rings. The lowest BCUT2D eigenvalue weighted by Gasteiger charge is -2.25. The Morgan fingerprint density at radius 2 is 1.33 bits per heavy atom. The highest BCUT2D eigenvalue weighted by Crippen LogP contribution is 2.39. The zero-order valence-electron chi connectivity index (χ0n) is 10.5. The lowest BCUT2D eigenvalue weighted by Crippen LogP contribution is -2.14. The van der Waals surface area contributed by atoms with Crippen LogP contribution >= 0.6 is 0 Å². The summed E-state index contributed by atoms with van der Waals surface area (Å²) in [4.78, 5) is 0. The summed E-state index contributed by atoms with van der Waals surface area (Å²) < 4.78 is 10.8. The van der Waals surface area contributed by atoms with Gasteiger partial charge in [-0.25, -0.2) is 0 Å². The molecule has 0 aliphatic carbocycles. The second-order valence-corrected chi connectivity index (χ2v) is 4.79. The zero-order chi connectivity index (χ0) is 11.6.